The van der Waals surface area contributed by atoms with Crippen molar-refractivity contribution in [3.8, 4) is 0 Å². The Morgan fingerprint density at radius 3 is 2.29 bits per heavy atom. The van der Waals surface area contributed by atoms with Gasteiger partial charge in [-0.15, -0.1) is 0 Å². The zero-order valence-corrected chi connectivity index (χ0v) is 11.9. The van der Waals surface area contributed by atoms with Gasteiger partial charge in [-0.25, -0.2) is 0 Å². The molecule has 0 saturated heterocycles. The van der Waals surface area contributed by atoms with Crippen molar-refractivity contribution in [1.29, 1.82) is 0 Å². The summed E-state index contributed by atoms with van der Waals surface area (Å²) < 4.78 is 1.22. The topological polar surface area (TPSA) is 17.1 Å². The summed E-state index contributed by atoms with van der Waals surface area (Å²) in [5, 5.41) is 0. The number of hydrogen-bond acceptors (Lipinski definition) is 1. The molecule has 14 heavy (non-hydrogen) atoms. The van der Waals surface area contributed by atoms with Crippen molar-refractivity contribution in [2.45, 2.75) is 24.6 Å². The molecule has 76 valence electrons. The van der Waals surface area contributed by atoms with Gasteiger partial charge >= 0.3 is 0 Å². The maximum atomic E-state index is 11.2. The largest absolute Gasteiger partial charge is 0.299 e. The van der Waals surface area contributed by atoms with Crippen LogP contribution in [0.1, 0.15) is 25.3 Å². The summed E-state index contributed by atoms with van der Waals surface area (Å²) in [6.07, 6.45) is 0. The molecule has 0 fully saturated rings. The molecule has 0 radical (unpaired) electrons. The summed E-state index contributed by atoms with van der Waals surface area (Å²) in [5.41, 5.74) is 1.20. The minimum absolute atomic E-state index is 0.0810. The molecule has 1 rings (SSSR count). The molecule has 0 aliphatic heterocycles. The lowest BCUT2D eigenvalue weighted by Gasteiger charge is -2.15. The maximum Gasteiger partial charge on any atom is 0.144 e. The lowest BCUT2D eigenvalue weighted by atomic mass is 9.96. The summed E-state index contributed by atoms with van der Waals surface area (Å²) >= 11 is 5.68. The van der Waals surface area contributed by atoms with Crippen LogP contribution >= 0.6 is 38.5 Å². The molecule has 2 unspecified atom stereocenters. The Labute approximate surface area is 107 Å². The molecule has 0 bridgehead atoms. The monoisotopic (exact) mass is 366 g/mol. The third kappa shape index (κ3) is 3.05. The van der Waals surface area contributed by atoms with Crippen LogP contribution in [0.15, 0.2) is 24.3 Å². The molecular formula is C11H12BrIO. The van der Waals surface area contributed by atoms with Crippen LogP contribution in [0, 0.1) is 3.57 Å². The van der Waals surface area contributed by atoms with E-state index >= 15 is 0 Å². The van der Waals surface area contributed by atoms with Gasteiger partial charge in [-0.1, -0.05) is 35.0 Å². The molecule has 0 amide bonds. The van der Waals surface area contributed by atoms with Crippen LogP contribution in [-0.2, 0) is 4.79 Å². The standard InChI is InChI=1S/C11H12BrIO/c1-7(11(12)8(2)14)9-3-5-10(13)6-4-9/h3-7,11H,1-2H3. The summed E-state index contributed by atoms with van der Waals surface area (Å²) in [5.74, 6) is 0.403. The molecule has 3 heteroatoms. The van der Waals surface area contributed by atoms with E-state index in [1.54, 1.807) is 6.92 Å². The quantitative estimate of drug-likeness (QED) is 0.588. The lowest BCUT2D eigenvalue weighted by molar-refractivity contribution is -0.116. The highest BCUT2D eigenvalue weighted by Gasteiger charge is 2.19. The van der Waals surface area contributed by atoms with Crippen molar-refractivity contribution in [1.82, 2.24) is 0 Å². The number of halogens is 2. The first-order valence-electron chi connectivity index (χ1n) is 4.42. The fourth-order valence-electron chi connectivity index (χ4n) is 1.29. The average Bonchev–Trinajstić information content (AvgIpc) is 2.16. The molecule has 0 aromatic heterocycles. The molecule has 0 aliphatic rings. The third-order valence-electron chi connectivity index (χ3n) is 2.22. The number of ketones is 1. The van der Waals surface area contributed by atoms with E-state index in [2.05, 4.69) is 69.7 Å². The number of hydrogen-bond donors (Lipinski definition) is 0. The SMILES string of the molecule is CC(=O)C(Br)C(C)c1ccc(I)cc1. The highest BCUT2D eigenvalue weighted by Crippen LogP contribution is 2.25. The van der Waals surface area contributed by atoms with Crippen LogP contribution in [0.3, 0.4) is 0 Å². The van der Waals surface area contributed by atoms with Crippen LogP contribution in [-0.4, -0.2) is 10.6 Å². The van der Waals surface area contributed by atoms with E-state index in [-0.39, 0.29) is 16.5 Å². The Morgan fingerprint density at radius 2 is 1.86 bits per heavy atom. The van der Waals surface area contributed by atoms with Gasteiger partial charge in [0, 0.05) is 9.49 Å². The zero-order valence-electron chi connectivity index (χ0n) is 8.13. The molecule has 1 aromatic rings. The van der Waals surface area contributed by atoms with E-state index in [4.69, 9.17) is 0 Å². The van der Waals surface area contributed by atoms with Crippen LogP contribution in [0.5, 0.6) is 0 Å². The second-order valence-electron chi connectivity index (χ2n) is 3.35. The summed E-state index contributed by atoms with van der Waals surface area (Å²) in [6, 6.07) is 8.27. The highest BCUT2D eigenvalue weighted by molar-refractivity contribution is 14.1. The van der Waals surface area contributed by atoms with Crippen LogP contribution in [0.4, 0.5) is 0 Å². The molecule has 0 saturated carbocycles. The first-order valence-corrected chi connectivity index (χ1v) is 6.42. The maximum absolute atomic E-state index is 11.2. The lowest BCUT2D eigenvalue weighted by Crippen LogP contribution is -2.17. The molecule has 2 atom stereocenters. The molecule has 0 spiro atoms. The minimum Gasteiger partial charge on any atom is -0.299 e. The minimum atomic E-state index is -0.0810. The molecule has 0 N–H and O–H groups in total. The molecule has 1 aromatic carbocycles. The summed E-state index contributed by atoms with van der Waals surface area (Å²) in [4.78, 5) is 11.1. The molecular weight excluding hydrogens is 355 g/mol. The average molecular weight is 367 g/mol. The first kappa shape index (κ1) is 12.2. The molecule has 0 aliphatic carbocycles. The van der Waals surface area contributed by atoms with Gasteiger partial charge in [-0.3, -0.25) is 4.79 Å². The first-order chi connectivity index (χ1) is 6.52. The fraction of sp³-hybridized carbons (Fsp3) is 0.364. The second-order valence-corrected chi connectivity index (χ2v) is 5.58. The van der Waals surface area contributed by atoms with E-state index in [1.807, 2.05) is 0 Å². The molecule has 0 heterocycles. The van der Waals surface area contributed by atoms with E-state index in [9.17, 15) is 4.79 Å². The number of alkyl halides is 1. The number of benzene rings is 1. The van der Waals surface area contributed by atoms with Crippen molar-refractivity contribution in [3.63, 3.8) is 0 Å². The van der Waals surface area contributed by atoms with Crippen LogP contribution in [0.2, 0.25) is 0 Å². The fourth-order valence-corrected chi connectivity index (χ4v) is 1.95. The van der Waals surface area contributed by atoms with Gasteiger partial charge in [0.25, 0.3) is 0 Å². The van der Waals surface area contributed by atoms with Crippen molar-refractivity contribution in [2.75, 3.05) is 0 Å². The Balaban J connectivity index is 2.84. The van der Waals surface area contributed by atoms with Crippen LogP contribution in [0.25, 0.3) is 0 Å². The molecule has 1 nitrogen and oxygen atoms in total. The number of carbonyl (C=O) groups excluding carboxylic acids is 1. The van der Waals surface area contributed by atoms with Crippen molar-refractivity contribution < 1.29 is 4.79 Å². The van der Waals surface area contributed by atoms with Crippen molar-refractivity contribution in [2.24, 2.45) is 0 Å². The van der Waals surface area contributed by atoms with Gasteiger partial charge in [0.1, 0.15) is 5.78 Å². The normalized spacial score (nSPS) is 14.9. The highest BCUT2D eigenvalue weighted by atomic mass is 127. The number of rotatable bonds is 3. The van der Waals surface area contributed by atoms with Gasteiger partial charge in [0.15, 0.2) is 0 Å². The predicted octanol–water partition coefficient (Wildman–Crippen LogP) is 3.75. The Hall–Kier alpha value is 0.1000. The summed E-state index contributed by atoms with van der Waals surface area (Å²) in [7, 11) is 0. The van der Waals surface area contributed by atoms with Gasteiger partial charge in [-0.2, -0.15) is 0 Å². The summed E-state index contributed by atoms with van der Waals surface area (Å²) in [6.45, 7) is 3.67. The number of carbonyl (C=O) groups is 1. The van der Waals surface area contributed by atoms with E-state index < -0.39 is 0 Å². The van der Waals surface area contributed by atoms with Crippen molar-refractivity contribution in [3.05, 3.63) is 33.4 Å². The zero-order chi connectivity index (χ0) is 10.7. The number of Topliss-reactive ketones (excluding diaryl/α,β-unsaturated/α-hetero) is 1. The smallest absolute Gasteiger partial charge is 0.144 e. The van der Waals surface area contributed by atoms with Gasteiger partial charge in [-0.05, 0) is 47.2 Å². The van der Waals surface area contributed by atoms with E-state index in [0.717, 1.165) is 0 Å². The van der Waals surface area contributed by atoms with E-state index in [1.165, 1.54) is 9.13 Å². The Bertz CT molecular complexity index is 321. The van der Waals surface area contributed by atoms with Crippen molar-refractivity contribution >= 4 is 44.3 Å². The second kappa shape index (κ2) is 5.26. The predicted molar refractivity (Wildman–Crippen MR) is 71.0 cm³/mol. The van der Waals surface area contributed by atoms with Gasteiger partial charge < -0.3 is 0 Å². The van der Waals surface area contributed by atoms with E-state index in [0.29, 0.717) is 0 Å². The Kier molecular flexibility index (Phi) is 4.57. The van der Waals surface area contributed by atoms with Gasteiger partial charge in [0.05, 0.1) is 4.83 Å². The third-order valence-corrected chi connectivity index (χ3v) is 4.38. The van der Waals surface area contributed by atoms with Gasteiger partial charge in [0.2, 0.25) is 0 Å². The van der Waals surface area contributed by atoms with Crippen LogP contribution < -0.4 is 0 Å². The Morgan fingerprint density at radius 1 is 1.36 bits per heavy atom.